The SMILES string of the molecule is CCOc1ccc(CCCNC(=O)[C@@H]2CC(=O)N[C@@H]([C@@H](C)CC)C(=O)N[C@H](CC(C)C)COc3ccccc3C(=O)N2)cc1OC. The number of fused-ring (bicyclic) bond motifs is 1. The molecule has 3 rings (SSSR count). The molecule has 11 nitrogen and oxygen atoms in total. The molecule has 46 heavy (non-hydrogen) atoms. The second kappa shape index (κ2) is 18.0. The molecule has 11 heteroatoms. The molecule has 252 valence electrons. The van der Waals surface area contributed by atoms with Crippen LogP contribution in [0, 0.1) is 11.8 Å². The maximum Gasteiger partial charge on any atom is 0.255 e. The zero-order chi connectivity index (χ0) is 33.6. The molecule has 0 aromatic heterocycles. The van der Waals surface area contributed by atoms with Gasteiger partial charge < -0.3 is 35.5 Å². The summed E-state index contributed by atoms with van der Waals surface area (Å²) in [6.07, 6.45) is 2.23. The maximum atomic E-state index is 13.5. The van der Waals surface area contributed by atoms with E-state index in [0.717, 1.165) is 5.56 Å². The van der Waals surface area contributed by atoms with Gasteiger partial charge in [0.15, 0.2) is 11.5 Å². The lowest BCUT2D eigenvalue weighted by Gasteiger charge is -2.29. The highest BCUT2D eigenvalue weighted by Crippen LogP contribution is 2.28. The van der Waals surface area contributed by atoms with Gasteiger partial charge in [0.05, 0.1) is 31.7 Å². The number of hydrogen-bond acceptors (Lipinski definition) is 7. The van der Waals surface area contributed by atoms with Crippen molar-refractivity contribution in [3.8, 4) is 17.2 Å². The van der Waals surface area contributed by atoms with Gasteiger partial charge in [-0.1, -0.05) is 52.3 Å². The van der Waals surface area contributed by atoms with E-state index in [-0.39, 0.29) is 42.4 Å². The molecule has 0 saturated carbocycles. The lowest BCUT2D eigenvalue weighted by molar-refractivity contribution is -0.132. The van der Waals surface area contributed by atoms with Crippen LogP contribution in [0.15, 0.2) is 42.5 Å². The van der Waals surface area contributed by atoms with Crippen LogP contribution in [-0.4, -0.2) is 68.6 Å². The number of hydrogen-bond donors (Lipinski definition) is 4. The fraction of sp³-hybridized carbons (Fsp3) is 0.543. The molecule has 0 aliphatic carbocycles. The number of nitrogens with one attached hydrogen (secondary N) is 4. The summed E-state index contributed by atoms with van der Waals surface area (Å²) in [5, 5.41) is 11.5. The van der Waals surface area contributed by atoms with Gasteiger partial charge in [-0.25, -0.2) is 0 Å². The van der Waals surface area contributed by atoms with E-state index in [1.54, 1.807) is 31.4 Å². The molecule has 1 aliphatic rings. The largest absolute Gasteiger partial charge is 0.493 e. The van der Waals surface area contributed by atoms with Crippen LogP contribution >= 0.6 is 0 Å². The Kier molecular flexibility index (Phi) is 14.2. The molecular formula is C35H50N4O7. The molecule has 0 fully saturated rings. The Morgan fingerprint density at radius 1 is 1.02 bits per heavy atom. The van der Waals surface area contributed by atoms with Gasteiger partial charge >= 0.3 is 0 Å². The van der Waals surface area contributed by atoms with Crippen LogP contribution in [0.5, 0.6) is 17.2 Å². The third kappa shape index (κ3) is 10.7. The van der Waals surface area contributed by atoms with E-state index < -0.39 is 29.8 Å². The number of amides is 4. The first-order valence-corrected chi connectivity index (χ1v) is 16.3. The van der Waals surface area contributed by atoms with E-state index in [1.807, 2.05) is 39.0 Å². The summed E-state index contributed by atoms with van der Waals surface area (Å²) in [4.78, 5) is 53.7. The minimum Gasteiger partial charge on any atom is -0.493 e. The van der Waals surface area contributed by atoms with Crippen LogP contribution in [0.1, 0.15) is 76.2 Å². The van der Waals surface area contributed by atoms with E-state index in [0.29, 0.717) is 56.1 Å². The highest BCUT2D eigenvalue weighted by Gasteiger charge is 2.32. The van der Waals surface area contributed by atoms with E-state index in [1.165, 1.54) is 0 Å². The first-order chi connectivity index (χ1) is 22.1. The fourth-order valence-electron chi connectivity index (χ4n) is 5.33. The van der Waals surface area contributed by atoms with Gasteiger partial charge in [0, 0.05) is 6.54 Å². The molecule has 0 bridgehead atoms. The minimum absolute atomic E-state index is 0.138. The number of benzene rings is 2. The van der Waals surface area contributed by atoms with Gasteiger partial charge in [0.25, 0.3) is 5.91 Å². The van der Waals surface area contributed by atoms with Gasteiger partial charge in [0.2, 0.25) is 17.7 Å². The van der Waals surface area contributed by atoms with Gasteiger partial charge in [0.1, 0.15) is 24.4 Å². The van der Waals surface area contributed by atoms with Crippen molar-refractivity contribution in [2.45, 2.75) is 84.8 Å². The van der Waals surface area contributed by atoms with Crippen LogP contribution in [0.4, 0.5) is 0 Å². The monoisotopic (exact) mass is 638 g/mol. The zero-order valence-corrected chi connectivity index (χ0v) is 27.9. The van der Waals surface area contributed by atoms with E-state index >= 15 is 0 Å². The number of para-hydroxylation sites is 1. The fourth-order valence-corrected chi connectivity index (χ4v) is 5.33. The predicted octanol–water partition coefficient (Wildman–Crippen LogP) is 3.79. The second-order valence-electron chi connectivity index (χ2n) is 12.1. The summed E-state index contributed by atoms with van der Waals surface area (Å²) in [6, 6.07) is 10.1. The summed E-state index contributed by atoms with van der Waals surface area (Å²) in [5.74, 6) is -0.117. The van der Waals surface area contributed by atoms with Crippen LogP contribution in [0.2, 0.25) is 0 Å². The van der Waals surface area contributed by atoms with Crippen molar-refractivity contribution in [2.24, 2.45) is 11.8 Å². The molecule has 4 atom stereocenters. The summed E-state index contributed by atoms with van der Waals surface area (Å²) in [6.45, 7) is 10.8. The topological polar surface area (TPSA) is 144 Å². The van der Waals surface area contributed by atoms with Gasteiger partial charge in [-0.3, -0.25) is 19.2 Å². The number of aryl methyl sites for hydroxylation is 1. The zero-order valence-electron chi connectivity index (χ0n) is 27.9. The van der Waals surface area contributed by atoms with Crippen LogP contribution < -0.4 is 35.5 Å². The summed E-state index contributed by atoms with van der Waals surface area (Å²) < 4.78 is 17.1. The quantitative estimate of drug-likeness (QED) is 0.259. The lowest BCUT2D eigenvalue weighted by Crippen LogP contribution is -2.56. The first-order valence-electron chi connectivity index (χ1n) is 16.3. The van der Waals surface area contributed by atoms with Crippen LogP contribution in [0.25, 0.3) is 0 Å². The van der Waals surface area contributed by atoms with E-state index in [9.17, 15) is 19.2 Å². The third-order valence-corrected chi connectivity index (χ3v) is 7.97. The molecular weight excluding hydrogens is 588 g/mol. The predicted molar refractivity (Wildman–Crippen MR) is 176 cm³/mol. The smallest absolute Gasteiger partial charge is 0.255 e. The van der Waals surface area contributed by atoms with Crippen LogP contribution in [0.3, 0.4) is 0 Å². The summed E-state index contributed by atoms with van der Waals surface area (Å²) in [7, 11) is 1.59. The van der Waals surface area contributed by atoms with Crippen LogP contribution in [-0.2, 0) is 20.8 Å². The van der Waals surface area contributed by atoms with Gasteiger partial charge in [-0.2, -0.15) is 0 Å². The molecule has 4 amide bonds. The Balaban J connectivity index is 1.78. The number of methoxy groups -OCH3 is 1. The summed E-state index contributed by atoms with van der Waals surface area (Å²) in [5.41, 5.74) is 1.25. The second-order valence-corrected chi connectivity index (χ2v) is 12.1. The van der Waals surface area contributed by atoms with Crippen molar-refractivity contribution in [2.75, 3.05) is 26.9 Å². The average molecular weight is 639 g/mol. The molecule has 0 unspecified atom stereocenters. The van der Waals surface area contributed by atoms with E-state index in [4.69, 9.17) is 14.2 Å². The lowest BCUT2D eigenvalue weighted by atomic mass is 9.96. The van der Waals surface area contributed by atoms with E-state index in [2.05, 4.69) is 35.1 Å². The highest BCUT2D eigenvalue weighted by molar-refractivity contribution is 6.01. The normalized spacial score (nSPS) is 19.8. The molecule has 1 aliphatic heterocycles. The maximum absolute atomic E-state index is 13.5. The van der Waals surface area contributed by atoms with Crippen molar-refractivity contribution < 1.29 is 33.4 Å². The Morgan fingerprint density at radius 2 is 1.78 bits per heavy atom. The third-order valence-electron chi connectivity index (χ3n) is 7.97. The minimum atomic E-state index is -1.18. The molecule has 1 heterocycles. The van der Waals surface area contributed by atoms with Crippen molar-refractivity contribution >= 4 is 23.6 Å². The molecule has 0 radical (unpaired) electrons. The highest BCUT2D eigenvalue weighted by atomic mass is 16.5. The standard InChI is InChI=1S/C35H50N4O7/c1-7-23(5)32-35(43)37-25(18-22(3)4)21-46-28-14-10-9-13-26(28)33(41)38-27(20-31(40)39-32)34(42)36-17-11-12-24-15-16-29(45-8-2)30(19-24)44-6/h9-10,13-16,19,22-23,25,27,32H,7-8,11-12,17-18,20-21H2,1-6H3,(H,36,42)(H,37,43)(H,38,41)(H,39,40)/t23-,25+,27-,32-/m0/s1. The molecule has 2 aromatic carbocycles. The Hall–Kier alpha value is -4.28. The molecule has 2 aromatic rings. The van der Waals surface area contributed by atoms with Gasteiger partial charge in [-0.15, -0.1) is 0 Å². The number of ether oxygens (including phenoxy) is 3. The Bertz CT molecular complexity index is 1330. The van der Waals surface area contributed by atoms with Crippen molar-refractivity contribution in [3.05, 3.63) is 53.6 Å². The Morgan fingerprint density at radius 3 is 2.48 bits per heavy atom. The molecule has 0 saturated heterocycles. The average Bonchev–Trinajstić information content (AvgIpc) is 3.03. The Labute approximate surface area is 272 Å². The first kappa shape index (κ1) is 36.2. The molecule has 4 N–H and O–H groups in total. The molecule has 0 spiro atoms. The van der Waals surface area contributed by atoms with Crippen molar-refractivity contribution in [1.29, 1.82) is 0 Å². The van der Waals surface area contributed by atoms with Gasteiger partial charge in [-0.05, 0) is 67.9 Å². The number of rotatable bonds is 12. The van der Waals surface area contributed by atoms with Crippen molar-refractivity contribution in [1.82, 2.24) is 21.3 Å². The number of carbonyl (C=O) groups excluding carboxylic acids is 4. The van der Waals surface area contributed by atoms with Crippen molar-refractivity contribution in [3.63, 3.8) is 0 Å². The summed E-state index contributed by atoms with van der Waals surface area (Å²) >= 11 is 0. The number of carbonyl (C=O) groups is 4.